The molecule has 2 N–H and O–H groups in total. The lowest BCUT2D eigenvalue weighted by Gasteiger charge is -2.09. The molecular formula is C13H10BrFN2O3. The Hall–Kier alpha value is -2.15. The molecule has 0 atom stereocenters. The van der Waals surface area contributed by atoms with Crippen molar-refractivity contribution >= 4 is 27.3 Å². The van der Waals surface area contributed by atoms with E-state index in [-0.39, 0.29) is 12.3 Å². The second-order valence-corrected chi connectivity index (χ2v) is 4.95. The molecule has 0 unspecified atom stereocenters. The first-order chi connectivity index (χ1) is 9.45. The highest BCUT2D eigenvalue weighted by molar-refractivity contribution is 9.10. The van der Waals surface area contributed by atoms with Crippen LogP contribution in [0.25, 0.3) is 0 Å². The number of anilines is 1. The van der Waals surface area contributed by atoms with Crippen LogP contribution in [0.3, 0.4) is 0 Å². The monoisotopic (exact) mass is 340 g/mol. The van der Waals surface area contributed by atoms with E-state index in [2.05, 4.69) is 15.9 Å². The van der Waals surface area contributed by atoms with Crippen LogP contribution in [0.1, 0.15) is 5.56 Å². The minimum atomic E-state index is -0.512. The molecule has 0 radical (unpaired) electrons. The number of hydrogen-bond acceptors (Lipinski definition) is 4. The van der Waals surface area contributed by atoms with E-state index >= 15 is 0 Å². The molecule has 7 heteroatoms. The molecule has 0 fully saturated rings. The number of halogens is 2. The molecular weight excluding hydrogens is 331 g/mol. The number of nitrogens with zero attached hydrogens (tertiary/aromatic N) is 1. The fraction of sp³-hybridized carbons (Fsp3) is 0.0769. The Bertz CT molecular complexity index is 644. The number of benzene rings is 2. The summed E-state index contributed by atoms with van der Waals surface area (Å²) < 4.78 is 19.1. The lowest BCUT2D eigenvalue weighted by Crippen LogP contribution is -2.01. The maximum absolute atomic E-state index is 13.2. The number of non-ortho nitro benzene ring substituents is 1. The van der Waals surface area contributed by atoms with E-state index in [0.717, 1.165) is 0 Å². The highest BCUT2D eigenvalue weighted by atomic mass is 79.9. The SMILES string of the molecule is Nc1ccc([N+](=O)[O-])cc1COc1cc(F)cc(Br)c1. The summed E-state index contributed by atoms with van der Waals surface area (Å²) in [5.41, 5.74) is 6.51. The van der Waals surface area contributed by atoms with Crippen molar-refractivity contribution in [3.8, 4) is 5.75 Å². The zero-order valence-corrected chi connectivity index (χ0v) is 11.8. The Morgan fingerprint density at radius 2 is 2.05 bits per heavy atom. The first-order valence-corrected chi connectivity index (χ1v) is 6.36. The standard InChI is InChI=1S/C13H10BrFN2O3/c14-9-4-10(15)6-12(5-9)20-7-8-3-11(17(18)19)1-2-13(8)16/h1-6H,7,16H2. The van der Waals surface area contributed by atoms with Crippen molar-refractivity contribution in [2.75, 3.05) is 5.73 Å². The molecule has 0 aliphatic heterocycles. The van der Waals surface area contributed by atoms with Crippen molar-refractivity contribution in [1.82, 2.24) is 0 Å². The Morgan fingerprint density at radius 3 is 2.70 bits per heavy atom. The fourth-order valence-corrected chi connectivity index (χ4v) is 2.05. The largest absolute Gasteiger partial charge is 0.489 e. The Kier molecular flexibility index (Phi) is 4.19. The van der Waals surface area contributed by atoms with Crippen molar-refractivity contribution in [2.45, 2.75) is 6.61 Å². The Balaban J connectivity index is 2.18. The van der Waals surface area contributed by atoms with Crippen LogP contribution in [0.4, 0.5) is 15.8 Å². The van der Waals surface area contributed by atoms with Crippen LogP contribution < -0.4 is 10.5 Å². The van der Waals surface area contributed by atoms with Gasteiger partial charge in [-0.1, -0.05) is 15.9 Å². The van der Waals surface area contributed by atoms with Gasteiger partial charge in [-0.2, -0.15) is 0 Å². The third kappa shape index (κ3) is 3.45. The second-order valence-electron chi connectivity index (χ2n) is 4.03. The number of rotatable bonds is 4. The average Bonchev–Trinajstić information content (AvgIpc) is 2.36. The van der Waals surface area contributed by atoms with E-state index in [1.165, 1.54) is 30.3 Å². The van der Waals surface area contributed by atoms with Gasteiger partial charge in [0.2, 0.25) is 0 Å². The minimum Gasteiger partial charge on any atom is -0.489 e. The molecule has 5 nitrogen and oxygen atoms in total. The molecule has 0 saturated carbocycles. The van der Waals surface area contributed by atoms with E-state index in [1.807, 2.05) is 0 Å². The second kappa shape index (κ2) is 5.87. The zero-order chi connectivity index (χ0) is 14.7. The summed E-state index contributed by atoms with van der Waals surface area (Å²) in [5, 5.41) is 10.7. The number of nitrogens with two attached hydrogens (primary N) is 1. The molecule has 0 aromatic heterocycles. The molecule has 2 aromatic carbocycles. The molecule has 2 aromatic rings. The fourth-order valence-electron chi connectivity index (χ4n) is 1.60. The van der Waals surface area contributed by atoms with Crippen LogP contribution in [0.5, 0.6) is 5.75 Å². The third-order valence-electron chi connectivity index (χ3n) is 2.57. The zero-order valence-electron chi connectivity index (χ0n) is 10.2. The van der Waals surface area contributed by atoms with Gasteiger partial charge >= 0.3 is 0 Å². The van der Waals surface area contributed by atoms with Gasteiger partial charge in [-0.05, 0) is 18.2 Å². The van der Waals surface area contributed by atoms with Gasteiger partial charge in [-0.25, -0.2) is 4.39 Å². The van der Waals surface area contributed by atoms with Crippen LogP contribution in [0.2, 0.25) is 0 Å². The van der Waals surface area contributed by atoms with Crippen LogP contribution >= 0.6 is 15.9 Å². The molecule has 104 valence electrons. The predicted molar refractivity (Wildman–Crippen MR) is 75.9 cm³/mol. The number of ether oxygens (including phenoxy) is 1. The maximum Gasteiger partial charge on any atom is 0.269 e. The van der Waals surface area contributed by atoms with Gasteiger partial charge in [0, 0.05) is 33.9 Å². The summed E-state index contributed by atoms with van der Waals surface area (Å²) in [6.45, 7) is 0.0173. The van der Waals surface area contributed by atoms with Gasteiger partial charge in [0.05, 0.1) is 4.92 Å². The summed E-state index contributed by atoms with van der Waals surface area (Å²) in [4.78, 5) is 10.2. The van der Waals surface area contributed by atoms with Crippen LogP contribution in [0.15, 0.2) is 40.9 Å². The van der Waals surface area contributed by atoms with Crippen LogP contribution in [-0.4, -0.2) is 4.92 Å². The summed E-state index contributed by atoms with van der Waals surface area (Å²) in [6, 6.07) is 8.21. The summed E-state index contributed by atoms with van der Waals surface area (Å²) in [7, 11) is 0. The highest BCUT2D eigenvalue weighted by Gasteiger charge is 2.10. The van der Waals surface area contributed by atoms with Gasteiger partial charge in [0.15, 0.2) is 0 Å². The molecule has 0 aliphatic rings. The number of nitrogen functional groups attached to an aromatic ring is 1. The van der Waals surface area contributed by atoms with E-state index in [1.54, 1.807) is 6.07 Å². The average molecular weight is 341 g/mol. The molecule has 20 heavy (non-hydrogen) atoms. The number of nitro benzene ring substituents is 1. The first kappa shape index (κ1) is 14.3. The lowest BCUT2D eigenvalue weighted by atomic mass is 10.1. The van der Waals surface area contributed by atoms with Gasteiger partial charge in [0.25, 0.3) is 5.69 Å². The van der Waals surface area contributed by atoms with Crippen molar-refractivity contribution < 1.29 is 14.1 Å². The minimum absolute atomic E-state index is 0.0173. The smallest absolute Gasteiger partial charge is 0.269 e. The molecule has 0 spiro atoms. The van der Waals surface area contributed by atoms with E-state index in [9.17, 15) is 14.5 Å². The van der Waals surface area contributed by atoms with Crippen LogP contribution in [0, 0.1) is 15.9 Å². The molecule has 0 bridgehead atoms. The number of hydrogen-bond donors (Lipinski definition) is 1. The predicted octanol–water partition coefficient (Wildman–Crippen LogP) is 3.66. The third-order valence-corrected chi connectivity index (χ3v) is 3.03. The molecule has 0 amide bonds. The van der Waals surface area contributed by atoms with Gasteiger partial charge in [-0.3, -0.25) is 10.1 Å². The van der Waals surface area contributed by atoms with Crippen molar-refractivity contribution in [2.24, 2.45) is 0 Å². The van der Waals surface area contributed by atoms with E-state index in [4.69, 9.17) is 10.5 Å². The Labute approximate surface area is 122 Å². The molecule has 0 heterocycles. The quantitative estimate of drug-likeness (QED) is 0.523. The van der Waals surface area contributed by atoms with Crippen LogP contribution in [-0.2, 0) is 6.61 Å². The number of nitro groups is 1. The summed E-state index contributed by atoms with van der Waals surface area (Å²) >= 11 is 3.15. The summed E-state index contributed by atoms with van der Waals surface area (Å²) in [5.74, 6) is -0.135. The van der Waals surface area contributed by atoms with Crippen molar-refractivity contribution in [3.05, 3.63) is 62.4 Å². The van der Waals surface area contributed by atoms with E-state index in [0.29, 0.717) is 21.5 Å². The van der Waals surface area contributed by atoms with Crippen molar-refractivity contribution in [3.63, 3.8) is 0 Å². The Morgan fingerprint density at radius 1 is 1.30 bits per heavy atom. The lowest BCUT2D eigenvalue weighted by molar-refractivity contribution is -0.384. The van der Waals surface area contributed by atoms with Gasteiger partial charge < -0.3 is 10.5 Å². The van der Waals surface area contributed by atoms with E-state index < -0.39 is 10.7 Å². The molecule has 0 saturated heterocycles. The van der Waals surface area contributed by atoms with Gasteiger partial charge in [-0.15, -0.1) is 0 Å². The first-order valence-electron chi connectivity index (χ1n) is 5.57. The normalized spacial score (nSPS) is 10.3. The summed E-state index contributed by atoms with van der Waals surface area (Å²) in [6.07, 6.45) is 0. The van der Waals surface area contributed by atoms with Gasteiger partial charge in [0.1, 0.15) is 18.2 Å². The highest BCUT2D eigenvalue weighted by Crippen LogP contribution is 2.24. The molecule has 2 rings (SSSR count). The molecule has 0 aliphatic carbocycles. The maximum atomic E-state index is 13.2. The van der Waals surface area contributed by atoms with Crippen molar-refractivity contribution in [1.29, 1.82) is 0 Å². The topological polar surface area (TPSA) is 78.4 Å².